The summed E-state index contributed by atoms with van der Waals surface area (Å²) in [6, 6.07) is 0. The number of rotatable bonds is 8. The van der Waals surface area contributed by atoms with Crippen molar-refractivity contribution in [2.24, 2.45) is 40.4 Å². The minimum Gasteiger partial charge on any atom is -0.359 e. The SMILES string of the molecule is COCOC1CC[C@@]2(C)C(=CC=C3[C@@H]4CC[C@H]([C@H](C)CCCC(C)C)[C@@]4(C)CC[C@@H]32)C1. The standard InChI is InChI=1S/C29H48O2/c1-20(2)8-7-9-21(3)25-12-13-26-24-11-10-22-18-23(31-19-30-6)14-16-28(22,4)27(24)15-17-29(25,26)5/h10-11,20-21,23,25-27H,7-9,12-19H2,1-6H3/t21-,23?,25-,26+,27+,28+,29-/m1/s1. The molecule has 0 saturated heterocycles. The molecule has 31 heavy (non-hydrogen) atoms. The van der Waals surface area contributed by atoms with Gasteiger partial charge in [0.1, 0.15) is 6.79 Å². The first-order valence-corrected chi connectivity index (χ1v) is 13.3. The Bertz CT molecular complexity index is 691. The highest BCUT2D eigenvalue weighted by molar-refractivity contribution is 5.38. The van der Waals surface area contributed by atoms with E-state index < -0.39 is 0 Å². The monoisotopic (exact) mass is 428 g/mol. The summed E-state index contributed by atoms with van der Waals surface area (Å²) in [7, 11) is 1.72. The lowest BCUT2D eigenvalue weighted by molar-refractivity contribution is -0.0865. The minimum atomic E-state index is 0.339. The van der Waals surface area contributed by atoms with Crippen LogP contribution in [0.4, 0.5) is 0 Å². The van der Waals surface area contributed by atoms with Gasteiger partial charge in [-0.25, -0.2) is 0 Å². The summed E-state index contributed by atoms with van der Waals surface area (Å²) in [5.41, 5.74) is 4.36. The Morgan fingerprint density at radius 2 is 1.77 bits per heavy atom. The number of allylic oxidation sites excluding steroid dienone is 3. The number of ether oxygens (including phenoxy) is 2. The van der Waals surface area contributed by atoms with Gasteiger partial charge in [-0.1, -0.05) is 77.2 Å². The van der Waals surface area contributed by atoms with Crippen LogP contribution in [0.3, 0.4) is 0 Å². The van der Waals surface area contributed by atoms with Crippen LogP contribution in [0.5, 0.6) is 0 Å². The second-order valence-corrected chi connectivity index (χ2v) is 12.3. The van der Waals surface area contributed by atoms with Crippen LogP contribution in [0.2, 0.25) is 0 Å². The Labute approximate surface area is 192 Å². The van der Waals surface area contributed by atoms with E-state index in [0.717, 1.165) is 36.0 Å². The van der Waals surface area contributed by atoms with E-state index in [1.54, 1.807) is 12.7 Å². The number of hydrogen-bond donors (Lipinski definition) is 0. The number of hydrogen-bond acceptors (Lipinski definition) is 2. The molecular weight excluding hydrogens is 380 g/mol. The quantitative estimate of drug-likeness (QED) is 0.365. The zero-order chi connectivity index (χ0) is 22.2. The van der Waals surface area contributed by atoms with Gasteiger partial charge in [0.25, 0.3) is 0 Å². The van der Waals surface area contributed by atoms with Crippen molar-refractivity contribution < 1.29 is 9.47 Å². The van der Waals surface area contributed by atoms with Crippen molar-refractivity contribution in [3.05, 3.63) is 23.3 Å². The summed E-state index contributed by atoms with van der Waals surface area (Å²) in [6.07, 6.45) is 18.9. The zero-order valence-corrected chi connectivity index (χ0v) is 21.2. The number of fused-ring (bicyclic) bond motifs is 5. The van der Waals surface area contributed by atoms with Crippen molar-refractivity contribution >= 4 is 0 Å². The van der Waals surface area contributed by atoms with Crippen LogP contribution in [0.25, 0.3) is 0 Å². The molecule has 7 atom stereocenters. The van der Waals surface area contributed by atoms with Crippen LogP contribution in [-0.4, -0.2) is 20.0 Å². The molecule has 0 bridgehead atoms. The Balaban J connectivity index is 1.49. The molecule has 0 aromatic heterocycles. The fourth-order valence-corrected chi connectivity index (χ4v) is 8.30. The first-order chi connectivity index (χ1) is 14.8. The predicted molar refractivity (Wildman–Crippen MR) is 130 cm³/mol. The van der Waals surface area contributed by atoms with Crippen molar-refractivity contribution in [2.75, 3.05) is 13.9 Å². The second kappa shape index (κ2) is 9.34. The second-order valence-electron chi connectivity index (χ2n) is 12.3. The highest BCUT2D eigenvalue weighted by Crippen LogP contribution is 2.66. The fraction of sp³-hybridized carbons (Fsp3) is 0.862. The summed E-state index contributed by atoms with van der Waals surface area (Å²) < 4.78 is 11.1. The molecule has 4 aliphatic rings. The normalized spacial score (nSPS) is 40.6. The molecule has 4 rings (SSSR count). The molecule has 2 nitrogen and oxygen atoms in total. The van der Waals surface area contributed by atoms with E-state index in [9.17, 15) is 0 Å². The van der Waals surface area contributed by atoms with E-state index in [1.807, 2.05) is 5.57 Å². The van der Waals surface area contributed by atoms with Gasteiger partial charge < -0.3 is 9.47 Å². The molecule has 0 spiro atoms. The van der Waals surface area contributed by atoms with E-state index in [-0.39, 0.29) is 0 Å². The van der Waals surface area contributed by atoms with E-state index in [4.69, 9.17) is 9.47 Å². The Morgan fingerprint density at radius 3 is 2.52 bits per heavy atom. The van der Waals surface area contributed by atoms with Crippen LogP contribution >= 0.6 is 0 Å². The van der Waals surface area contributed by atoms with E-state index in [1.165, 1.54) is 57.8 Å². The van der Waals surface area contributed by atoms with Crippen molar-refractivity contribution in [2.45, 2.75) is 105 Å². The van der Waals surface area contributed by atoms with Gasteiger partial charge in [0, 0.05) is 7.11 Å². The third-order valence-corrected chi connectivity index (χ3v) is 10.1. The van der Waals surface area contributed by atoms with Crippen LogP contribution in [0.15, 0.2) is 23.3 Å². The average Bonchev–Trinajstić information content (AvgIpc) is 3.09. The van der Waals surface area contributed by atoms with E-state index >= 15 is 0 Å². The lowest BCUT2D eigenvalue weighted by atomic mass is 9.50. The van der Waals surface area contributed by atoms with Crippen molar-refractivity contribution in [3.63, 3.8) is 0 Å². The predicted octanol–water partition coefficient (Wildman–Crippen LogP) is 7.94. The van der Waals surface area contributed by atoms with Crippen LogP contribution in [-0.2, 0) is 9.47 Å². The van der Waals surface area contributed by atoms with Gasteiger partial charge >= 0.3 is 0 Å². The molecule has 1 unspecified atom stereocenters. The maximum absolute atomic E-state index is 5.95. The third kappa shape index (κ3) is 4.33. The molecule has 176 valence electrons. The summed E-state index contributed by atoms with van der Waals surface area (Å²) in [5.74, 6) is 4.23. The van der Waals surface area contributed by atoms with E-state index in [0.29, 0.717) is 23.7 Å². The van der Waals surface area contributed by atoms with Gasteiger partial charge in [-0.2, -0.15) is 0 Å². The summed E-state index contributed by atoms with van der Waals surface area (Å²) in [4.78, 5) is 0. The summed E-state index contributed by atoms with van der Waals surface area (Å²) >= 11 is 0. The molecule has 0 aliphatic heterocycles. The van der Waals surface area contributed by atoms with Crippen molar-refractivity contribution in [1.29, 1.82) is 0 Å². The first-order valence-electron chi connectivity index (χ1n) is 13.3. The molecule has 0 aromatic rings. The molecule has 0 N–H and O–H groups in total. The lowest BCUT2D eigenvalue weighted by Gasteiger charge is -2.55. The number of methoxy groups -OCH3 is 1. The van der Waals surface area contributed by atoms with Gasteiger partial charge in [0.2, 0.25) is 0 Å². The highest BCUT2D eigenvalue weighted by atomic mass is 16.7. The maximum atomic E-state index is 5.95. The molecular formula is C29H48O2. The topological polar surface area (TPSA) is 18.5 Å². The molecule has 0 aromatic carbocycles. The smallest absolute Gasteiger partial charge is 0.146 e. The van der Waals surface area contributed by atoms with Gasteiger partial charge in [-0.15, -0.1) is 0 Å². The van der Waals surface area contributed by atoms with Gasteiger partial charge in [-0.05, 0) is 85.4 Å². The van der Waals surface area contributed by atoms with E-state index in [2.05, 4.69) is 46.8 Å². The third-order valence-electron chi connectivity index (χ3n) is 10.1. The average molecular weight is 429 g/mol. The molecule has 0 heterocycles. The van der Waals surface area contributed by atoms with Crippen molar-refractivity contribution in [1.82, 2.24) is 0 Å². The maximum Gasteiger partial charge on any atom is 0.146 e. The van der Waals surface area contributed by atoms with Crippen molar-refractivity contribution in [3.8, 4) is 0 Å². The minimum absolute atomic E-state index is 0.339. The first kappa shape index (κ1) is 23.6. The van der Waals surface area contributed by atoms with Crippen LogP contribution in [0.1, 0.15) is 98.8 Å². The van der Waals surface area contributed by atoms with Crippen LogP contribution < -0.4 is 0 Å². The largest absolute Gasteiger partial charge is 0.359 e. The highest BCUT2D eigenvalue weighted by Gasteiger charge is 2.56. The molecule has 0 amide bonds. The Morgan fingerprint density at radius 1 is 0.968 bits per heavy atom. The van der Waals surface area contributed by atoms with Gasteiger partial charge in [-0.3, -0.25) is 0 Å². The molecule has 4 aliphatic carbocycles. The fourth-order valence-electron chi connectivity index (χ4n) is 8.30. The summed E-state index contributed by atoms with van der Waals surface area (Å²) in [6.45, 7) is 13.0. The van der Waals surface area contributed by atoms with Crippen LogP contribution in [0, 0.1) is 40.4 Å². The molecule has 0 radical (unpaired) electrons. The van der Waals surface area contributed by atoms with Gasteiger partial charge in [0.05, 0.1) is 6.10 Å². The summed E-state index contributed by atoms with van der Waals surface area (Å²) in [5, 5.41) is 0. The van der Waals surface area contributed by atoms with Gasteiger partial charge in [0.15, 0.2) is 0 Å². The lowest BCUT2D eigenvalue weighted by Crippen LogP contribution is -2.46. The Hall–Kier alpha value is -0.600. The Kier molecular flexibility index (Phi) is 7.09. The zero-order valence-electron chi connectivity index (χ0n) is 21.2. The molecule has 2 heteroatoms. The molecule has 3 saturated carbocycles. The molecule has 3 fully saturated rings.